The van der Waals surface area contributed by atoms with Crippen LogP contribution in [0, 0.1) is 0 Å². The second-order valence-electron chi connectivity index (χ2n) is 6.74. The molecule has 1 aromatic rings. The van der Waals surface area contributed by atoms with Crippen LogP contribution in [0.4, 0.5) is 4.79 Å². The molecule has 0 heterocycles. The first kappa shape index (κ1) is 19.0. The van der Waals surface area contributed by atoms with Gasteiger partial charge in [0.15, 0.2) is 0 Å². The molecule has 0 aliphatic carbocycles. The van der Waals surface area contributed by atoms with E-state index in [-0.39, 0.29) is 0 Å². The Hall–Kier alpha value is -2.04. The number of benzene rings is 1. The molecule has 0 fully saturated rings. The maximum Gasteiger partial charge on any atom is 0.410 e. The normalized spacial score (nSPS) is 11.2. The number of hydrogen-bond donors (Lipinski definition) is 1. The van der Waals surface area contributed by atoms with Gasteiger partial charge in [-0.15, -0.1) is 0 Å². The zero-order valence-electron chi connectivity index (χ0n) is 14.7. The molecule has 1 aromatic carbocycles. The fraction of sp³-hybridized carbons (Fsp3) is 0.556. The Bertz CT molecular complexity index is 561. The molecule has 0 aliphatic heterocycles. The minimum Gasteiger partial charge on any atom is -0.478 e. The van der Waals surface area contributed by atoms with Gasteiger partial charge in [0.25, 0.3) is 0 Å². The van der Waals surface area contributed by atoms with Gasteiger partial charge in [-0.2, -0.15) is 0 Å². The Morgan fingerprint density at radius 1 is 1.26 bits per heavy atom. The number of nitrogens with zero attached hydrogens (tertiary/aromatic N) is 1. The molecule has 0 saturated carbocycles. The highest BCUT2D eigenvalue weighted by Gasteiger charge is 2.20. The zero-order valence-corrected chi connectivity index (χ0v) is 14.7. The molecule has 0 atom stereocenters. The fourth-order valence-electron chi connectivity index (χ4n) is 2.21. The van der Waals surface area contributed by atoms with Crippen molar-refractivity contribution in [3.05, 3.63) is 34.9 Å². The third-order valence-corrected chi connectivity index (χ3v) is 3.32. The Morgan fingerprint density at radius 2 is 1.91 bits per heavy atom. The smallest absolute Gasteiger partial charge is 0.410 e. The van der Waals surface area contributed by atoms with Crippen LogP contribution in [0.1, 0.15) is 62.0 Å². The fourth-order valence-corrected chi connectivity index (χ4v) is 2.21. The van der Waals surface area contributed by atoms with E-state index in [0.29, 0.717) is 12.1 Å². The summed E-state index contributed by atoms with van der Waals surface area (Å²) in [6.07, 6.45) is 2.27. The van der Waals surface area contributed by atoms with Crippen molar-refractivity contribution in [2.75, 3.05) is 7.05 Å². The Labute approximate surface area is 138 Å². The minimum absolute atomic E-state index is 0.335. The molecule has 0 unspecified atom stereocenters. The molecule has 1 N–H and O–H groups in total. The van der Waals surface area contributed by atoms with Gasteiger partial charge in [-0.3, -0.25) is 0 Å². The maximum atomic E-state index is 12.0. The first-order valence-corrected chi connectivity index (χ1v) is 7.93. The summed E-state index contributed by atoms with van der Waals surface area (Å²) in [6.45, 7) is 7.92. The lowest BCUT2D eigenvalue weighted by Crippen LogP contribution is -2.33. The number of carbonyl (C=O) groups excluding carboxylic acids is 1. The van der Waals surface area contributed by atoms with Crippen molar-refractivity contribution in [1.82, 2.24) is 4.90 Å². The number of aryl methyl sites for hydroxylation is 1. The van der Waals surface area contributed by atoms with Gasteiger partial charge in [-0.05, 0) is 50.8 Å². The van der Waals surface area contributed by atoms with Crippen molar-refractivity contribution in [3.8, 4) is 0 Å². The highest BCUT2D eigenvalue weighted by molar-refractivity contribution is 5.89. The van der Waals surface area contributed by atoms with E-state index in [9.17, 15) is 14.7 Å². The molecule has 0 aliphatic rings. The summed E-state index contributed by atoms with van der Waals surface area (Å²) in [5, 5.41) is 9.27. The first-order valence-electron chi connectivity index (χ1n) is 7.93. The highest BCUT2D eigenvalue weighted by Crippen LogP contribution is 2.17. The predicted octanol–water partition coefficient (Wildman–Crippen LogP) is 4.09. The van der Waals surface area contributed by atoms with E-state index in [1.807, 2.05) is 26.8 Å². The van der Waals surface area contributed by atoms with Crippen LogP contribution in [0.2, 0.25) is 0 Å². The standard InChI is InChI=1S/C18H27NO4/c1-6-7-8-14-11-13(9-10-15(14)16(20)21)12-19(5)17(22)23-18(2,3)4/h9-11H,6-8,12H2,1-5H3,(H,20,21). The lowest BCUT2D eigenvalue weighted by molar-refractivity contribution is 0.0284. The highest BCUT2D eigenvalue weighted by atomic mass is 16.6. The van der Waals surface area contributed by atoms with E-state index in [2.05, 4.69) is 6.92 Å². The number of unbranched alkanes of at least 4 members (excludes halogenated alkanes) is 1. The van der Waals surface area contributed by atoms with Gasteiger partial charge in [-0.25, -0.2) is 9.59 Å². The van der Waals surface area contributed by atoms with Gasteiger partial charge in [0.05, 0.1) is 5.56 Å². The lowest BCUT2D eigenvalue weighted by Gasteiger charge is -2.25. The number of carbonyl (C=O) groups is 2. The summed E-state index contributed by atoms with van der Waals surface area (Å²) < 4.78 is 5.32. The number of carboxylic acids is 1. The van der Waals surface area contributed by atoms with Gasteiger partial charge < -0.3 is 14.7 Å². The summed E-state index contributed by atoms with van der Waals surface area (Å²) in [7, 11) is 1.67. The first-order chi connectivity index (χ1) is 10.6. The second kappa shape index (κ2) is 7.99. The molecule has 0 aromatic heterocycles. The van der Waals surface area contributed by atoms with Crippen LogP contribution < -0.4 is 0 Å². The van der Waals surface area contributed by atoms with Gasteiger partial charge in [0, 0.05) is 13.6 Å². The van der Waals surface area contributed by atoms with Gasteiger partial charge in [0.1, 0.15) is 5.60 Å². The topological polar surface area (TPSA) is 66.8 Å². The quantitative estimate of drug-likeness (QED) is 0.857. The van der Waals surface area contributed by atoms with Crippen LogP contribution in [0.25, 0.3) is 0 Å². The Kier molecular flexibility index (Phi) is 6.61. The molecule has 5 heteroatoms. The summed E-state index contributed by atoms with van der Waals surface area (Å²) >= 11 is 0. The van der Waals surface area contributed by atoms with Crippen LogP contribution in [0.3, 0.4) is 0 Å². The monoisotopic (exact) mass is 321 g/mol. The average molecular weight is 321 g/mol. The number of ether oxygens (including phenoxy) is 1. The predicted molar refractivity (Wildman–Crippen MR) is 89.7 cm³/mol. The van der Waals surface area contributed by atoms with E-state index >= 15 is 0 Å². The molecule has 0 spiro atoms. The molecule has 1 amide bonds. The van der Waals surface area contributed by atoms with Gasteiger partial charge in [-0.1, -0.05) is 25.5 Å². The van der Waals surface area contributed by atoms with Crippen molar-refractivity contribution >= 4 is 12.1 Å². The molecular formula is C18H27NO4. The van der Waals surface area contributed by atoms with Crippen LogP contribution in [-0.2, 0) is 17.7 Å². The molecule has 0 bridgehead atoms. The summed E-state index contributed by atoms with van der Waals surface area (Å²) in [5.41, 5.74) is 1.51. The van der Waals surface area contributed by atoms with E-state index in [4.69, 9.17) is 4.74 Å². The molecule has 0 radical (unpaired) electrons. The van der Waals surface area contributed by atoms with Crippen LogP contribution in [-0.4, -0.2) is 34.7 Å². The van der Waals surface area contributed by atoms with E-state index in [1.165, 1.54) is 4.90 Å². The van der Waals surface area contributed by atoms with Crippen LogP contribution in [0.15, 0.2) is 18.2 Å². The number of rotatable bonds is 6. The molecule has 0 saturated heterocycles. The molecule has 5 nitrogen and oxygen atoms in total. The molecular weight excluding hydrogens is 294 g/mol. The third-order valence-electron chi connectivity index (χ3n) is 3.32. The number of aromatic carboxylic acids is 1. The van der Waals surface area contributed by atoms with Crippen molar-refractivity contribution in [1.29, 1.82) is 0 Å². The summed E-state index contributed by atoms with van der Waals surface area (Å²) in [4.78, 5) is 24.8. The summed E-state index contributed by atoms with van der Waals surface area (Å²) in [6, 6.07) is 5.24. The summed E-state index contributed by atoms with van der Waals surface area (Å²) in [5.74, 6) is -0.914. The largest absolute Gasteiger partial charge is 0.478 e. The maximum absolute atomic E-state index is 12.0. The minimum atomic E-state index is -0.914. The van der Waals surface area contributed by atoms with E-state index in [0.717, 1.165) is 30.4 Å². The van der Waals surface area contributed by atoms with Crippen molar-refractivity contribution in [3.63, 3.8) is 0 Å². The SMILES string of the molecule is CCCCc1cc(CN(C)C(=O)OC(C)(C)C)ccc1C(=O)O. The van der Waals surface area contributed by atoms with Crippen LogP contribution in [0.5, 0.6) is 0 Å². The molecule has 128 valence electrons. The number of amides is 1. The van der Waals surface area contributed by atoms with Crippen molar-refractivity contribution in [2.45, 2.75) is 59.1 Å². The Morgan fingerprint density at radius 3 is 2.43 bits per heavy atom. The van der Waals surface area contributed by atoms with Gasteiger partial charge >= 0.3 is 12.1 Å². The van der Waals surface area contributed by atoms with E-state index < -0.39 is 17.7 Å². The third kappa shape index (κ3) is 6.30. The van der Waals surface area contributed by atoms with Crippen molar-refractivity contribution < 1.29 is 19.4 Å². The van der Waals surface area contributed by atoms with Crippen molar-refractivity contribution in [2.24, 2.45) is 0 Å². The lowest BCUT2D eigenvalue weighted by atomic mass is 9.99. The molecule has 1 rings (SSSR count). The second-order valence-corrected chi connectivity index (χ2v) is 6.74. The van der Waals surface area contributed by atoms with Gasteiger partial charge in [0.2, 0.25) is 0 Å². The Balaban J connectivity index is 2.88. The zero-order chi connectivity index (χ0) is 17.6. The number of hydrogen-bond acceptors (Lipinski definition) is 3. The molecule has 23 heavy (non-hydrogen) atoms. The number of carboxylic acid groups (broad SMARTS) is 1. The van der Waals surface area contributed by atoms with E-state index in [1.54, 1.807) is 19.2 Å². The van der Waals surface area contributed by atoms with Crippen LogP contribution >= 0.6 is 0 Å². The average Bonchev–Trinajstić information content (AvgIpc) is 2.43.